The Labute approximate surface area is 160 Å². The number of aryl methyl sites for hydroxylation is 1. The minimum atomic E-state index is -0.0343. The molecule has 0 bridgehead atoms. The van der Waals surface area contributed by atoms with Crippen molar-refractivity contribution >= 4 is 24.2 Å². The molecule has 7 nitrogen and oxygen atoms in total. The molecule has 2 aliphatic heterocycles. The molecule has 1 aromatic rings. The number of halogens is 1. The second-order valence-corrected chi connectivity index (χ2v) is 7.54. The molecule has 3 aliphatic rings. The number of rotatable bonds is 4. The van der Waals surface area contributed by atoms with E-state index in [0.717, 1.165) is 69.3 Å². The number of likely N-dealkylation sites (tertiary alicyclic amines) is 1. The maximum atomic E-state index is 12.9. The van der Waals surface area contributed by atoms with E-state index in [-0.39, 0.29) is 30.3 Å². The Morgan fingerprint density at radius 2 is 2.08 bits per heavy atom. The summed E-state index contributed by atoms with van der Waals surface area (Å²) in [6, 6.07) is -0.0343. The van der Waals surface area contributed by atoms with E-state index in [1.165, 1.54) is 0 Å². The van der Waals surface area contributed by atoms with Crippen molar-refractivity contribution in [2.45, 2.75) is 51.0 Å². The molecule has 4 rings (SSSR count). The van der Waals surface area contributed by atoms with Crippen molar-refractivity contribution in [2.75, 3.05) is 26.2 Å². The van der Waals surface area contributed by atoms with Crippen molar-refractivity contribution < 1.29 is 9.59 Å². The van der Waals surface area contributed by atoms with Gasteiger partial charge in [0.25, 0.3) is 5.91 Å². The Hall–Kier alpha value is -1.60. The monoisotopic (exact) mass is 381 g/mol. The Bertz CT molecular complexity index is 656. The summed E-state index contributed by atoms with van der Waals surface area (Å²) in [5.74, 6) is 0.481. The zero-order valence-electron chi connectivity index (χ0n) is 15.1. The zero-order valence-corrected chi connectivity index (χ0v) is 15.9. The van der Waals surface area contributed by atoms with Crippen LogP contribution >= 0.6 is 12.4 Å². The molecule has 3 N–H and O–H groups in total. The molecule has 3 heterocycles. The number of H-pyrrole nitrogens is 1. The van der Waals surface area contributed by atoms with Crippen molar-refractivity contribution in [1.82, 2.24) is 25.7 Å². The van der Waals surface area contributed by atoms with Crippen LogP contribution in [0.4, 0.5) is 0 Å². The van der Waals surface area contributed by atoms with Gasteiger partial charge in [0.15, 0.2) is 5.69 Å². The van der Waals surface area contributed by atoms with E-state index in [1.54, 1.807) is 0 Å². The lowest BCUT2D eigenvalue weighted by molar-refractivity contribution is -0.123. The second-order valence-electron chi connectivity index (χ2n) is 7.54. The van der Waals surface area contributed by atoms with Crippen LogP contribution in [0.15, 0.2) is 0 Å². The molecule has 2 fully saturated rings. The largest absolute Gasteiger partial charge is 0.354 e. The summed E-state index contributed by atoms with van der Waals surface area (Å²) in [5.41, 5.74) is 2.87. The van der Waals surface area contributed by atoms with Crippen LogP contribution in [-0.4, -0.2) is 59.1 Å². The van der Waals surface area contributed by atoms with E-state index in [0.29, 0.717) is 24.7 Å². The maximum absolute atomic E-state index is 12.9. The third kappa shape index (κ3) is 3.88. The Balaban J connectivity index is 0.00000196. The summed E-state index contributed by atoms with van der Waals surface area (Å²) in [5, 5.41) is 13.6. The Morgan fingerprint density at radius 3 is 2.88 bits per heavy atom. The molecule has 2 amide bonds. The lowest BCUT2D eigenvalue weighted by Gasteiger charge is -2.32. The van der Waals surface area contributed by atoms with E-state index in [9.17, 15) is 9.59 Å². The highest BCUT2D eigenvalue weighted by atomic mass is 35.5. The highest BCUT2D eigenvalue weighted by Gasteiger charge is 2.30. The van der Waals surface area contributed by atoms with Crippen LogP contribution in [-0.2, 0) is 17.6 Å². The molecular weight excluding hydrogens is 354 g/mol. The average molecular weight is 382 g/mol. The SMILES string of the molecule is Cl.O=C(NCC1CCCN(C(=O)c2n[nH]c3c2CCC3)C1)C1CCCN1. The van der Waals surface area contributed by atoms with Gasteiger partial charge in [-0.05, 0) is 57.4 Å². The summed E-state index contributed by atoms with van der Waals surface area (Å²) in [7, 11) is 0. The van der Waals surface area contributed by atoms with E-state index >= 15 is 0 Å². The second kappa shape index (κ2) is 8.39. The number of hydrogen-bond donors (Lipinski definition) is 3. The van der Waals surface area contributed by atoms with Gasteiger partial charge in [-0.25, -0.2) is 0 Å². The topological polar surface area (TPSA) is 90.1 Å². The smallest absolute Gasteiger partial charge is 0.274 e. The summed E-state index contributed by atoms with van der Waals surface area (Å²) >= 11 is 0. The van der Waals surface area contributed by atoms with E-state index < -0.39 is 0 Å². The Morgan fingerprint density at radius 1 is 1.19 bits per heavy atom. The van der Waals surface area contributed by atoms with Gasteiger partial charge in [-0.15, -0.1) is 12.4 Å². The fourth-order valence-corrected chi connectivity index (χ4v) is 4.34. The number of aromatic amines is 1. The van der Waals surface area contributed by atoms with E-state index in [2.05, 4.69) is 20.8 Å². The van der Waals surface area contributed by atoms with Gasteiger partial charge >= 0.3 is 0 Å². The highest BCUT2D eigenvalue weighted by Crippen LogP contribution is 2.25. The number of piperidine rings is 1. The number of carbonyl (C=O) groups is 2. The summed E-state index contributed by atoms with van der Waals surface area (Å²) in [6.45, 7) is 3.07. The van der Waals surface area contributed by atoms with Crippen molar-refractivity contribution in [3.63, 3.8) is 0 Å². The van der Waals surface area contributed by atoms with Gasteiger partial charge < -0.3 is 15.5 Å². The number of nitrogens with zero attached hydrogens (tertiary/aromatic N) is 2. The molecule has 1 aliphatic carbocycles. The first-order chi connectivity index (χ1) is 12.2. The number of fused-ring (bicyclic) bond motifs is 1. The molecule has 0 aromatic carbocycles. The molecule has 1 aromatic heterocycles. The first kappa shape index (κ1) is 19.2. The van der Waals surface area contributed by atoms with Gasteiger partial charge in [0.05, 0.1) is 6.04 Å². The molecule has 0 radical (unpaired) electrons. The van der Waals surface area contributed by atoms with Gasteiger partial charge in [-0.3, -0.25) is 14.7 Å². The quantitative estimate of drug-likeness (QED) is 0.727. The minimum Gasteiger partial charge on any atom is -0.354 e. The van der Waals surface area contributed by atoms with Crippen molar-refractivity contribution in [2.24, 2.45) is 5.92 Å². The van der Waals surface area contributed by atoms with Crippen LogP contribution < -0.4 is 10.6 Å². The van der Waals surface area contributed by atoms with Gasteiger partial charge in [0, 0.05) is 30.9 Å². The Kier molecular flexibility index (Phi) is 6.19. The van der Waals surface area contributed by atoms with E-state index in [4.69, 9.17) is 0 Å². The predicted molar refractivity (Wildman–Crippen MR) is 101 cm³/mol. The van der Waals surface area contributed by atoms with Crippen LogP contribution in [0.1, 0.15) is 53.8 Å². The normalized spacial score (nSPS) is 24.8. The number of carbonyl (C=O) groups excluding carboxylic acids is 2. The van der Waals surface area contributed by atoms with Crippen LogP contribution in [0.2, 0.25) is 0 Å². The highest BCUT2D eigenvalue weighted by molar-refractivity contribution is 5.94. The van der Waals surface area contributed by atoms with E-state index in [1.807, 2.05) is 4.90 Å². The van der Waals surface area contributed by atoms with Gasteiger partial charge in [-0.2, -0.15) is 5.10 Å². The third-order valence-electron chi connectivity index (χ3n) is 5.76. The van der Waals surface area contributed by atoms with Gasteiger partial charge in [0.2, 0.25) is 5.91 Å². The molecule has 2 unspecified atom stereocenters. The van der Waals surface area contributed by atoms with Crippen LogP contribution in [0.25, 0.3) is 0 Å². The maximum Gasteiger partial charge on any atom is 0.274 e. The van der Waals surface area contributed by atoms with Crippen LogP contribution in [0.5, 0.6) is 0 Å². The first-order valence-corrected chi connectivity index (χ1v) is 9.59. The lowest BCUT2D eigenvalue weighted by Crippen LogP contribution is -2.46. The minimum absolute atomic E-state index is 0. The fourth-order valence-electron chi connectivity index (χ4n) is 4.34. The van der Waals surface area contributed by atoms with Crippen molar-refractivity contribution in [3.05, 3.63) is 17.0 Å². The summed E-state index contributed by atoms with van der Waals surface area (Å²) in [6.07, 6.45) is 7.09. The van der Waals surface area contributed by atoms with Crippen molar-refractivity contribution in [1.29, 1.82) is 0 Å². The number of amides is 2. The lowest BCUT2D eigenvalue weighted by atomic mass is 9.97. The number of hydrogen-bond acceptors (Lipinski definition) is 4. The van der Waals surface area contributed by atoms with Gasteiger partial charge in [0.1, 0.15) is 0 Å². The first-order valence-electron chi connectivity index (χ1n) is 9.59. The zero-order chi connectivity index (χ0) is 17.2. The molecule has 144 valence electrons. The molecule has 26 heavy (non-hydrogen) atoms. The van der Waals surface area contributed by atoms with Crippen molar-refractivity contribution in [3.8, 4) is 0 Å². The van der Waals surface area contributed by atoms with Crippen LogP contribution in [0, 0.1) is 5.92 Å². The molecule has 2 atom stereocenters. The third-order valence-corrected chi connectivity index (χ3v) is 5.76. The molecule has 0 spiro atoms. The average Bonchev–Trinajstić information content (AvgIpc) is 3.36. The molecule has 2 saturated heterocycles. The fraction of sp³-hybridized carbons (Fsp3) is 0.722. The predicted octanol–water partition coefficient (Wildman–Crippen LogP) is 1.04. The molecule has 0 saturated carbocycles. The molecule has 8 heteroatoms. The number of nitrogens with one attached hydrogen (secondary N) is 3. The number of aromatic nitrogens is 2. The van der Waals surface area contributed by atoms with Crippen LogP contribution in [0.3, 0.4) is 0 Å². The van der Waals surface area contributed by atoms with Gasteiger partial charge in [-0.1, -0.05) is 0 Å². The summed E-state index contributed by atoms with van der Waals surface area (Å²) in [4.78, 5) is 26.9. The molecular formula is C18H28ClN5O2. The standard InChI is InChI=1S/C18H27N5O2.ClH/c24-17(15-7-2-8-19-15)20-10-12-4-3-9-23(11-12)18(25)16-13-5-1-6-14(13)21-22-16;/h12,15,19H,1-11H2,(H,20,24)(H,21,22);1H. The summed E-state index contributed by atoms with van der Waals surface area (Å²) < 4.78 is 0.